The Morgan fingerprint density at radius 1 is 0.206 bits per heavy atom. The lowest BCUT2D eigenvalue weighted by Gasteiger charge is -2.46. The second kappa shape index (κ2) is 16.3. The first kappa shape index (κ1) is 39.6. The second-order valence-electron chi connectivity index (χ2n) is 17.9. The van der Waals surface area contributed by atoms with Gasteiger partial charge in [0.05, 0.1) is 16.8 Å². The van der Waals surface area contributed by atoms with Gasteiger partial charge in [-0.1, -0.05) is 237 Å². The van der Waals surface area contributed by atoms with Crippen molar-refractivity contribution in [2.45, 2.75) is 5.41 Å². The van der Waals surface area contributed by atoms with Crippen LogP contribution in [0.5, 0.6) is 0 Å². The van der Waals surface area contributed by atoms with Crippen LogP contribution >= 0.6 is 0 Å². The molecule has 1 heterocycles. The summed E-state index contributed by atoms with van der Waals surface area (Å²) in [6.07, 6.45) is 0. The SMILES string of the molecule is c1ccc(-c2ccccc2-c2cc3c(cc2-c2ccccc2)N(c2ccccc2)c2cc(-c4ccccc4)c(-c4ccccc4-c4ccccc4)cc2C32c3ccccc3-c3ccccc32)cc1. The van der Waals surface area contributed by atoms with Gasteiger partial charge in [0.15, 0.2) is 0 Å². The minimum Gasteiger partial charge on any atom is -0.310 e. The van der Waals surface area contributed by atoms with E-state index in [9.17, 15) is 0 Å². The quantitative estimate of drug-likeness (QED) is 0.154. The van der Waals surface area contributed by atoms with E-state index in [1.165, 1.54) is 100 Å². The van der Waals surface area contributed by atoms with Crippen molar-refractivity contribution in [3.05, 3.63) is 295 Å². The molecule has 0 atom stereocenters. The maximum atomic E-state index is 2.57. The first-order valence-electron chi connectivity index (χ1n) is 23.6. The third-order valence-electron chi connectivity index (χ3n) is 14.3. The van der Waals surface area contributed by atoms with E-state index in [-0.39, 0.29) is 0 Å². The summed E-state index contributed by atoms with van der Waals surface area (Å²) >= 11 is 0. The summed E-state index contributed by atoms with van der Waals surface area (Å²) in [5, 5.41) is 0. The van der Waals surface area contributed by atoms with Crippen LogP contribution in [0.15, 0.2) is 273 Å². The van der Waals surface area contributed by atoms with Crippen molar-refractivity contribution in [2.75, 3.05) is 4.90 Å². The van der Waals surface area contributed by atoms with Gasteiger partial charge in [-0.2, -0.15) is 0 Å². The third kappa shape index (κ3) is 6.17. The maximum Gasteiger partial charge on any atom is 0.0754 e. The second-order valence-corrected chi connectivity index (χ2v) is 17.9. The average Bonchev–Trinajstić information content (AvgIpc) is 3.72. The van der Waals surface area contributed by atoms with Crippen molar-refractivity contribution in [2.24, 2.45) is 0 Å². The molecule has 0 aromatic heterocycles. The van der Waals surface area contributed by atoms with Crippen molar-refractivity contribution in [1.29, 1.82) is 0 Å². The van der Waals surface area contributed by atoms with E-state index in [2.05, 4.69) is 278 Å². The Bertz CT molecular complexity index is 3430. The number of rotatable bonds is 7. The van der Waals surface area contributed by atoms with Crippen LogP contribution in [0.1, 0.15) is 22.3 Å². The van der Waals surface area contributed by atoms with Crippen LogP contribution in [0.3, 0.4) is 0 Å². The van der Waals surface area contributed by atoms with Crippen molar-refractivity contribution in [3.8, 4) is 77.9 Å². The highest BCUT2D eigenvalue weighted by atomic mass is 15.2. The molecule has 11 aromatic rings. The third-order valence-corrected chi connectivity index (χ3v) is 14.3. The number of nitrogens with zero attached hydrogens (tertiary/aromatic N) is 1. The van der Waals surface area contributed by atoms with Crippen molar-refractivity contribution in [1.82, 2.24) is 0 Å². The van der Waals surface area contributed by atoms with Gasteiger partial charge in [0, 0.05) is 5.69 Å². The van der Waals surface area contributed by atoms with Gasteiger partial charge in [0.25, 0.3) is 0 Å². The molecule has 0 bridgehead atoms. The summed E-state index contributed by atoms with van der Waals surface area (Å²) in [6, 6.07) is 101. The van der Waals surface area contributed by atoms with Crippen LogP contribution in [0, 0.1) is 0 Å². The zero-order chi connectivity index (χ0) is 45.0. The summed E-state index contributed by atoms with van der Waals surface area (Å²) in [7, 11) is 0. The molecular weight excluding hydrogens is 819 g/mol. The van der Waals surface area contributed by atoms with Crippen molar-refractivity contribution < 1.29 is 0 Å². The summed E-state index contributed by atoms with van der Waals surface area (Å²) in [6.45, 7) is 0. The van der Waals surface area contributed by atoms with Crippen LogP contribution in [0.25, 0.3) is 77.9 Å². The van der Waals surface area contributed by atoms with E-state index in [1.807, 2.05) is 0 Å². The number of anilines is 3. The lowest BCUT2D eigenvalue weighted by molar-refractivity contribution is 0.753. The Balaban J connectivity index is 1.23. The van der Waals surface area contributed by atoms with Crippen molar-refractivity contribution >= 4 is 17.1 Å². The molecular formula is C67H45N. The Morgan fingerprint density at radius 3 is 0.882 bits per heavy atom. The Morgan fingerprint density at radius 2 is 0.500 bits per heavy atom. The number of hydrogen-bond acceptors (Lipinski definition) is 1. The number of para-hydroxylation sites is 1. The zero-order valence-electron chi connectivity index (χ0n) is 37.4. The molecule has 0 amide bonds. The average molecular weight is 864 g/mol. The van der Waals surface area contributed by atoms with E-state index in [0.717, 1.165) is 17.1 Å². The van der Waals surface area contributed by atoms with Crippen LogP contribution in [-0.4, -0.2) is 0 Å². The monoisotopic (exact) mass is 863 g/mol. The Hall–Kier alpha value is -8.78. The van der Waals surface area contributed by atoms with Gasteiger partial charge >= 0.3 is 0 Å². The molecule has 2 aliphatic rings. The molecule has 68 heavy (non-hydrogen) atoms. The van der Waals surface area contributed by atoms with Gasteiger partial charge in [0.1, 0.15) is 0 Å². The summed E-state index contributed by atoms with van der Waals surface area (Å²) in [5.41, 5.74) is 24.6. The minimum absolute atomic E-state index is 0.708. The van der Waals surface area contributed by atoms with Gasteiger partial charge in [0.2, 0.25) is 0 Å². The summed E-state index contributed by atoms with van der Waals surface area (Å²) in [4.78, 5) is 2.55. The standard InChI is InChI=1S/C67H45N/c1-6-24-46(25-7-1)51-34-16-18-36-53(51)59-42-63-65(44-57(59)48-28-10-3-11-29-48)68(50-32-14-5-15-33-50)66-45-58(49-30-12-4-13-31-49)60(54-37-19-17-35-52(54)47-26-8-2-9-27-47)43-64(66)67(63)61-40-22-20-38-55(61)56-39-21-23-41-62(56)67/h1-45H. The molecule has 318 valence electrons. The van der Waals surface area contributed by atoms with E-state index < -0.39 is 5.41 Å². The molecule has 0 N–H and O–H groups in total. The number of fused-ring (bicyclic) bond motifs is 9. The van der Waals surface area contributed by atoms with Gasteiger partial charge < -0.3 is 4.90 Å². The topological polar surface area (TPSA) is 3.24 Å². The fourth-order valence-corrected chi connectivity index (χ4v) is 11.4. The number of hydrogen-bond donors (Lipinski definition) is 0. The van der Waals surface area contributed by atoms with Crippen LogP contribution < -0.4 is 4.90 Å². The molecule has 0 unspecified atom stereocenters. The van der Waals surface area contributed by atoms with Gasteiger partial charge in [-0.05, 0) is 137 Å². The minimum atomic E-state index is -0.708. The van der Waals surface area contributed by atoms with E-state index in [1.54, 1.807) is 0 Å². The van der Waals surface area contributed by atoms with Gasteiger partial charge in [-0.3, -0.25) is 0 Å². The van der Waals surface area contributed by atoms with Crippen LogP contribution in [0.4, 0.5) is 17.1 Å². The molecule has 0 radical (unpaired) electrons. The normalized spacial score (nSPS) is 12.8. The molecule has 1 nitrogen and oxygen atoms in total. The van der Waals surface area contributed by atoms with Gasteiger partial charge in [-0.15, -0.1) is 0 Å². The Kier molecular flexibility index (Phi) is 9.47. The molecule has 13 rings (SSSR count). The van der Waals surface area contributed by atoms with E-state index in [4.69, 9.17) is 0 Å². The molecule has 1 aliphatic carbocycles. The highest BCUT2D eigenvalue weighted by molar-refractivity contribution is 6.04. The molecule has 0 fully saturated rings. The lowest BCUT2D eigenvalue weighted by Crippen LogP contribution is -2.36. The van der Waals surface area contributed by atoms with Gasteiger partial charge in [-0.25, -0.2) is 0 Å². The van der Waals surface area contributed by atoms with Crippen molar-refractivity contribution in [3.63, 3.8) is 0 Å². The predicted octanol–water partition coefficient (Wildman–Crippen LogP) is 17.8. The molecule has 1 aliphatic heterocycles. The molecule has 1 spiro atoms. The van der Waals surface area contributed by atoms with E-state index >= 15 is 0 Å². The Labute approximate surface area is 398 Å². The highest BCUT2D eigenvalue weighted by Gasteiger charge is 2.52. The summed E-state index contributed by atoms with van der Waals surface area (Å²) in [5.74, 6) is 0. The number of benzene rings is 11. The fraction of sp³-hybridized carbons (Fsp3) is 0.0149. The highest BCUT2D eigenvalue weighted by Crippen LogP contribution is 2.65. The first-order chi connectivity index (χ1) is 33.8. The lowest BCUT2D eigenvalue weighted by atomic mass is 9.63. The van der Waals surface area contributed by atoms with E-state index in [0.29, 0.717) is 0 Å². The molecule has 1 heteroatoms. The smallest absolute Gasteiger partial charge is 0.0754 e. The van der Waals surface area contributed by atoms with Crippen LogP contribution in [-0.2, 0) is 5.41 Å². The fourth-order valence-electron chi connectivity index (χ4n) is 11.4. The largest absolute Gasteiger partial charge is 0.310 e. The predicted molar refractivity (Wildman–Crippen MR) is 285 cm³/mol. The van der Waals surface area contributed by atoms with Crippen LogP contribution in [0.2, 0.25) is 0 Å². The zero-order valence-corrected chi connectivity index (χ0v) is 37.4. The first-order valence-corrected chi connectivity index (χ1v) is 23.6. The molecule has 11 aromatic carbocycles. The maximum absolute atomic E-state index is 2.57. The molecule has 0 saturated heterocycles. The molecule has 0 saturated carbocycles. The summed E-state index contributed by atoms with van der Waals surface area (Å²) < 4.78 is 0.